The molecule has 0 unspecified atom stereocenters. The van der Waals surface area contributed by atoms with Crippen LogP contribution in [0.25, 0.3) is 32.9 Å². The fraction of sp³-hybridized carbons (Fsp3) is 0.259. The number of hydrogen-bond donors (Lipinski definition) is 1. The van der Waals surface area contributed by atoms with Crippen molar-refractivity contribution >= 4 is 33.5 Å². The highest BCUT2D eigenvalue weighted by atomic mass is 19.1. The van der Waals surface area contributed by atoms with Gasteiger partial charge in [-0.15, -0.1) is 0 Å². The average Bonchev–Trinajstić information content (AvgIpc) is 3.50. The molecule has 2 aliphatic rings. The number of H-pyrrole nitrogens is 1. The van der Waals surface area contributed by atoms with Crippen molar-refractivity contribution in [2.75, 3.05) is 31.1 Å². The quantitative estimate of drug-likeness (QED) is 0.454. The van der Waals surface area contributed by atoms with Crippen molar-refractivity contribution in [2.45, 2.75) is 13.3 Å². The van der Waals surface area contributed by atoms with Gasteiger partial charge in [-0.2, -0.15) is 10.4 Å². The minimum absolute atomic E-state index is 0.00845. The van der Waals surface area contributed by atoms with Gasteiger partial charge >= 0.3 is 0 Å². The molecule has 2 aromatic heterocycles. The summed E-state index contributed by atoms with van der Waals surface area (Å²) in [5.74, 6) is 0.195. The van der Waals surface area contributed by atoms with Crippen molar-refractivity contribution in [3.8, 4) is 17.2 Å². The number of halogens is 1. The lowest BCUT2D eigenvalue weighted by Crippen LogP contribution is -2.59. The second-order valence-corrected chi connectivity index (χ2v) is 9.57. The number of nitrogens with one attached hydrogen (secondary N) is 1. The number of para-hydroxylation sites is 1. The summed E-state index contributed by atoms with van der Waals surface area (Å²) in [6, 6.07) is 11.5. The van der Waals surface area contributed by atoms with E-state index in [4.69, 9.17) is 4.98 Å². The molecule has 8 heteroatoms. The Morgan fingerprint density at radius 2 is 2.06 bits per heavy atom. The van der Waals surface area contributed by atoms with Crippen molar-refractivity contribution < 1.29 is 9.18 Å². The lowest BCUT2D eigenvalue weighted by atomic mass is 9.79. The molecule has 2 aliphatic heterocycles. The number of aromatic nitrogens is 3. The molecule has 4 heterocycles. The molecule has 0 saturated carbocycles. The smallest absolute Gasteiger partial charge is 0.245 e. The summed E-state index contributed by atoms with van der Waals surface area (Å²) < 4.78 is 15.0. The Hall–Kier alpha value is -4.25. The van der Waals surface area contributed by atoms with Crippen molar-refractivity contribution in [3.63, 3.8) is 0 Å². The van der Waals surface area contributed by atoms with E-state index >= 15 is 0 Å². The molecule has 7 nitrogen and oxygen atoms in total. The van der Waals surface area contributed by atoms with Gasteiger partial charge in [0.25, 0.3) is 0 Å². The van der Waals surface area contributed by atoms with Crippen LogP contribution in [-0.2, 0) is 4.79 Å². The van der Waals surface area contributed by atoms with Gasteiger partial charge < -0.3 is 9.80 Å². The normalized spacial score (nSPS) is 16.6. The van der Waals surface area contributed by atoms with Crippen LogP contribution in [0.2, 0.25) is 0 Å². The van der Waals surface area contributed by atoms with Gasteiger partial charge in [-0.1, -0.05) is 24.8 Å². The van der Waals surface area contributed by atoms with Crippen LogP contribution >= 0.6 is 0 Å². The van der Waals surface area contributed by atoms with Crippen molar-refractivity contribution in [1.29, 1.82) is 5.26 Å². The molecule has 2 saturated heterocycles. The number of carbonyl (C=O) groups is 1. The number of benzene rings is 2. The monoisotopic (exact) mass is 466 g/mol. The highest BCUT2D eigenvalue weighted by Gasteiger charge is 2.49. The van der Waals surface area contributed by atoms with Crippen LogP contribution in [0, 0.1) is 29.5 Å². The summed E-state index contributed by atoms with van der Waals surface area (Å²) in [6.07, 6.45) is 3.94. The third-order valence-electron chi connectivity index (χ3n) is 7.45. The molecular weight excluding hydrogens is 443 g/mol. The van der Waals surface area contributed by atoms with Crippen molar-refractivity contribution in [3.05, 3.63) is 66.1 Å². The molecule has 2 fully saturated rings. The summed E-state index contributed by atoms with van der Waals surface area (Å²) in [6.45, 7) is 8.11. The zero-order valence-corrected chi connectivity index (χ0v) is 19.3. The number of rotatable bonds is 3. The second-order valence-electron chi connectivity index (χ2n) is 9.57. The third kappa shape index (κ3) is 3.12. The first-order valence-electron chi connectivity index (χ1n) is 11.6. The SMILES string of the molecule is C=CC(=O)N1CC2(CCN(c3nc4ccccc4c(-c4c(C)c(F)cc5[nH]ncc45)c3C#N)C2)C1. The van der Waals surface area contributed by atoms with E-state index in [9.17, 15) is 14.4 Å². The van der Waals surface area contributed by atoms with Crippen LogP contribution < -0.4 is 4.90 Å². The van der Waals surface area contributed by atoms with Crippen LogP contribution in [-0.4, -0.2) is 52.2 Å². The molecule has 174 valence electrons. The number of likely N-dealkylation sites (tertiary alicyclic amines) is 1. The predicted molar refractivity (Wildman–Crippen MR) is 132 cm³/mol. The summed E-state index contributed by atoms with van der Waals surface area (Å²) in [4.78, 5) is 20.8. The molecule has 1 N–H and O–H groups in total. The van der Waals surface area contributed by atoms with E-state index in [1.165, 1.54) is 12.1 Å². The molecule has 1 spiro atoms. The number of aromatic amines is 1. The van der Waals surface area contributed by atoms with Gasteiger partial charge in [0.1, 0.15) is 23.3 Å². The lowest BCUT2D eigenvalue weighted by Gasteiger charge is -2.47. The molecule has 1 amide bonds. The number of hydrogen-bond acceptors (Lipinski definition) is 5. The van der Waals surface area contributed by atoms with Gasteiger partial charge in [-0.3, -0.25) is 9.89 Å². The van der Waals surface area contributed by atoms with Gasteiger partial charge in [-0.25, -0.2) is 9.37 Å². The van der Waals surface area contributed by atoms with E-state index < -0.39 is 0 Å². The number of nitriles is 1. The van der Waals surface area contributed by atoms with E-state index in [1.54, 1.807) is 18.0 Å². The first-order chi connectivity index (χ1) is 16.9. The van der Waals surface area contributed by atoms with E-state index in [0.717, 1.165) is 29.3 Å². The molecular formula is C27H23FN6O. The van der Waals surface area contributed by atoms with Crippen LogP contribution in [0.15, 0.2) is 49.2 Å². The van der Waals surface area contributed by atoms with Crippen molar-refractivity contribution in [2.24, 2.45) is 5.41 Å². The Labute approximate surface area is 201 Å². The molecule has 35 heavy (non-hydrogen) atoms. The van der Waals surface area contributed by atoms with Gasteiger partial charge in [0, 0.05) is 53.5 Å². The zero-order chi connectivity index (χ0) is 24.3. The number of anilines is 1. The predicted octanol–water partition coefficient (Wildman–Crippen LogP) is 4.32. The zero-order valence-electron chi connectivity index (χ0n) is 19.3. The number of carbonyl (C=O) groups excluding carboxylic acids is 1. The number of fused-ring (bicyclic) bond motifs is 2. The lowest BCUT2D eigenvalue weighted by molar-refractivity contribution is -0.136. The van der Waals surface area contributed by atoms with Crippen molar-refractivity contribution in [1.82, 2.24) is 20.1 Å². The summed E-state index contributed by atoms with van der Waals surface area (Å²) in [5, 5.41) is 19.0. The van der Waals surface area contributed by atoms with Crippen LogP contribution in [0.5, 0.6) is 0 Å². The maximum Gasteiger partial charge on any atom is 0.245 e. The second kappa shape index (κ2) is 7.64. The number of nitrogens with zero attached hydrogens (tertiary/aromatic N) is 5. The van der Waals surface area contributed by atoms with Gasteiger partial charge in [0.15, 0.2) is 0 Å². The summed E-state index contributed by atoms with van der Waals surface area (Å²) >= 11 is 0. The highest BCUT2D eigenvalue weighted by molar-refractivity contribution is 6.08. The fourth-order valence-electron chi connectivity index (χ4n) is 5.70. The number of pyridine rings is 1. The minimum atomic E-state index is -0.357. The van der Waals surface area contributed by atoms with E-state index in [1.807, 2.05) is 24.3 Å². The van der Waals surface area contributed by atoms with Gasteiger partial charge in [0.2, 0.25) is 5.91 Å². The van der Waals surface area contributed by atoms with Crippen LogP contribution in [0.3, 0.4) is 0 Å². The number of amides is 1. The molecule has 0 atom stereocenters. The standard InChI is InChI=1S/C27H23FN6O/c1-3-23(35)34-14-27(15-34)8-9-33(13-27)26-18(11-29)25(17-6-4-5-7-21(17)31-26)24-16(2)20(28)10-22-19(24)12-30-32-22/h3-7,10,12H,1,8-9,13-15H2,2H3,(H,30,32). The van der Waals surface area contributed by atoms with Crippen LogP contribution in [0.4, 0.5) is 10.2 Å². The Morgan fingerprint density at radius 1 is 1.26 bits per heavy atom. The molecule has 0 bridgehead atoms. The van der Waals surface area contributed by atoms with E-state index in [2.05, 4.69) is 27.7 Å². The largest absolute Gasteiger partial charge is 0.355 e. The Balaban J connectivity index is 1.53. The van der Waals surface area contributed by atoms with Gasteiger partial charge in [-0.05, 0) is 37.1 Å². The van der Waals surface area contributed by atoms with Crippen LogP contribution in [0.1, 0.15) is 17.5 Å². The highest BCUT2D eigenvalue weighted by Crippen LogP contribution is 2.45. The first-order valence-corrected chi connectivity index (χ1v) is 11.6. The summed E-state index contributed by atoms with van der Waals surface area (Å²) in [7, 11) is 0. The van der Waals surface area contributed by atoms with Gasteiger partial charge in [0.05, 0.1) is 17.2 Å². The fourth-order valence-corrected chi connectivity index (χ4v) is 5.70. The minimum Gasteiger partial charge on any atom is -0.355 e. The molecule has 4 aromatic rings. The van der Waals surface area contributed by atoms with E-state index in [-0.39, 0.29) is 17.1 Å². The Bertz CT molecular complexity index is 1580. The molecule has 0 aliphatic carbocycles. The Morgan fingerprint density at radius 3 is 2.83 bits per heavy atom. The topological polar surface area (TPSA) is 88.9 Å². The summed E-state index contributed by atoms with van der Waals surface area (Å²) in [5.41, 5.74) is 3.54. The molecule has 2 aromatic carbocycles. The molecule has 0 radical (unpaired) electrons. The third-order valence-corrected chi connectivity index (χ3v) is 7.45. The average molecular weight is 467 g/mol. The molecule has 6 rings (SSSR count). The first kappa shape index (κ1) is 21.3. The maximum absolute atomic E-state index is 15.0. The van der Waals surface area contributed by atoms with E-state index in [0.29, 0.717) is 53.2 Å². The maximum atomic E-state index is 15.0. The Kier molecular flexibility index (Phi) is 4.65.